The van der Waals surface area contributed by atoms with Crippen molar-refractivity contribution in [1.82, 2.24) is 0 Å². The lowest BCUT2D eigenvalue weighted by Gasteiger charge is -2.08. The fourth-order valence-electron chi connectivity index (χ4n) is 2.21. The first-order chi connectivity index (χ1) is 11.7. The predicted octanol–water partition coefficient (Wildman–Crippen LogP) is 7.19. The Hall–Kier alpha value is -1.90. The molecule has 0 radical (unpaired) electrons. The van der Waals surface area contributed by atoms with Crippen molar-refractivity contribution in [3.05, 3.63) is 99.8 Å². The molecule has 0 fully saturated rings. The molecule has 24 heavy (non-hydrogen) atoms. The lowest BCUT2D eigenvalue weighted by Crippen LogP contribution is -1.79. The topological polar surface area (TPSA) is 0 Å². The number of thioether (sulfide) groups is 2. The molecule has 0 aromatic heterocycles. The molecule has 2 heteroatoms. The van der Waals surface area contributed by atoms with Gasteiger partial charge in [0, 0.05) is 9.79 Å². The van der Waals surface area contributed by atoms with Gasteiger partial charge in [0.1, 0.15) is 0 Å². The van der Waals surface area contributed by atoms with E-state index in [0.29, 0.717) is 0 Å². The van der Waals surface area contributed by atoms with Crippen LogP contribution in [-0.4, -0.2) is 0 Å². The second-order valence-corrected chi connectivity index (χ2v) is 8.19. The molecule has 0 unspecified atom stereocenters. The Balaban J connectivity index is 1.86. The monoisotopic (exact) mass is 348 g/mol. The van der Waals surface area contributed by atoms with Crippen LogP contribution in [0.3, 0.4) is 0 Å². The number of aryl methyl sites for hydroxylation is 2. The van der Waals surface area contributed by atoms with Gasteiger partial charge in [-0.1, -0.05) is 89.2 Å². The molecule has 0 nitrogen and oxygen atoms in total. The van der Waals surface area contributed by atoms with Crippen LogP contribution in [-0.2, 0) is 0 Å². The van der Waals surface area contributed by atoms with Crippen LogP contribution in [0.2, 0.25) is 0 Å². The maximum Gasteiger partial charge on any atom is 0.0504 e. The molecule has 0 N–H and O–H groups in total. The first-order valence-corrected chi connectivity index (χ1v) is 9.58. The third-order valence-corrected chi connectivity index (χ3v) is 5.72. The molecule has 0 aliphatic heterocycles. The summed E-state index contributed by atoms with van der Waals surface area (Å²) in [5.74, 6) is 0. The third kappa shape index (κ3) is 5.05. The highest BCUT2D eigenvalue weighted by Crippen LogP contribution is 2.40. The largest absolute Gasteiger partial charge is 0.0827 e. The normalized spacial score (nSPS) is 10.4. The Morgan fingerprint density at radius 2 is 1.08 bits per heavy atom. The van der Waals surface area contributed by atoms with Crippen molar-refractivity contribution < 1.29 is 0 Å². The van der Waals surface area contributed by atoms with Crippen LogP contribution in [0, 0.1) is 13.8 Å². The maximum atomic E-state index is 2.26. The van der Waals surface area contributed by atoms with Gasteiger partial charge in [-0.3, -0.25) is 0 Å². The van der Waals surface area contributed by atoms with Gasteiger partial charge in [-0.15, -0.1) is 0 Å². The highest BCUT2D eigenvalue weighted by atomic mass is 32.2. The van der Waals surface area contributed by atoms with E-state index in [1.54, 1.807) is 0 Å². The Bertz CT molecular complexity index is 751. The molecule has 3 rings (SSSR count). The van der Waals surface area contributed by atoms with Crippen LogP contribution in [0.4, 0.5) is 0 Å². The van der Waals surface area contributed by atoms with Gasteiger partial charge in [0.05, 0.1) is 4.24 Å². The van der Waals surface area contributed by atoms with Crippen molar-refractivity contribution in [2.75, 3.05) is 0 Å². The molecule has 3 aromatic rings. The SMILES string of the molecule is Cc1ccc(SC(=Cc2ccccc2)Sc2ccc(C)cc2)cc1. The van der Waals surface area contributed by atoms with Crippen molar-refractivity contribution in [1.29, 1.82) is 0 Å². The van der Waals surface area contributed by atoms with Gasteiger partial charge in [-0.2, -0.15) is 0 Å². The van der Waals surface area contributed by atoms with Crippen LogP contribution in [0.25, 0.3) is 6.08 Å². The van der Waals surface area contributed by atoms with E-state index in [1.807, 2.05) is 23.5 Å². The molecule has 0 aliphatic carbocycles. The van der Waals surface area contributed by atoms with Crippen molar-refractivity contribution in [2.45, 2.75) is 23.6 Å². The molecule has 0 atom stereocenters. The molecular weight excluding hydrogens is 328 g/mol. The summed E-state index contributed by atoms with van der Waals surface area (Å²) < 4.78 is 1.27. The first kappa shape index (κ1) is 16.9. The van der Waals surface area contributed by atoms with Gasteiger partial charge in [0.15, 0.2) is 0 Å². The quantitative estimate of drug-likeness (QED) is 0.448. The fraction of sp³-hybridized carbons (Fsp3) is 0.0909. The summed E-state index contributed by atoms with van der Waals surface area (Å²) in [6.07, 6.45) is 2.26. The van der Waals surface area contributed by atoms with Crippen molar-refractivity contribution in [3.8, 4) is 0 Å². The zero-order valence-electron chi connectivity index (χ0n) is 13.9. The fourth-order valence-corrected chi connectivity index (χ4v) is 4.35. The van der Waals surface area contributed by atoms with Crippen LogP contribution in [0.15, 0.2) is 92.9 Å². The molecular formula is C22H20S2. The zero-order valence-corrected chi connectivity index (χ0v) is 15.5. The van der Waals surface area contributed by atoms with E-state index in [4.69, 9.17) is 0 Å². The maximum absolute atomic E-state index is 2.26. The molecule has 0 amide bonds. The smallest absolute Gasteiger partial charge is 0.0504 e. The van der Waals surface area contributed by atoms with E-state index in [-0.39, 0.29) is 0 Å². The van der Waals surface area contributed by atoms with Crippen LogP contribution in [0.1, 0.15) is 16.7 Å². The number of rotatable bonds is 5. The standard InChI is InChI=1S/C22H20S2/c1-17-8-12-20(13-9-17)23-22(16-19-6-4-3-5-7-19)24-21-14-10-18(2)11-15-21/h3-16H,1-2H3. The zero-order chi connectivity index (χ0) is 16.8. The summed E-state index contributed by atoms with van der Waals surface area (Å²) in [7, 11) is 0. The minimum absolute atomic E-state index is 1.23. The second kappa shape index (κ2) is 8.27. The molecule has 120 valence electrons. The van der Waals surface area contributed by atoms with Gasteiger partial charge < -0.3 is 0 Å². The van der Waals surface area contributed by atoms with Gasteiger partial charge in [0.25, 0.3) is 0 Å². The summed E-state index contributed by atoms with van der Waals surface area (Å²) in [6, 6.07) is 27.9. The van der Waals surface area contributed by atoms with Crippen LogP contribution < -0.4 is 0 Å². The van der Waals surface area contributed by atoms with E-state index in [2.05, 4.69) is 98.8 Å². The summed E-state index contributed by atoms with van der Waals surface area (Å²) in [4.78, 5) is 2.53. The minimum Gasteiger partial charge on any atom is -0.0827 e. The van der Waals surface area contributed by atoms with E-state index in [1.165, 1.54) is 30.7 Å². The lowest BCUT2D eigenvalue weighted by molar-refractivity contribution is 1.38. The van der Waals surface area contributed by atoms with E-state index in [0.717, 1.165) is 0 Å². The average Bonchev–Trinajstić information content (AvgIpc) is 2.60. The van der Waals surface area contributed by atoms with Crippen LogP contribution >= 0.6 is 23.5 Å². The minimum atomic E-state index is 1.23. The molecule has 3 aromatic carbocycles. The molecule has 0 aliphatic rings. The Kier molecular flexibility index (Phi) is 5.84. The van der Waals surface area contributed by atoms with E-state index < -0.39 is 0 Å². The number of hydrogen-bond acceptors (Lipinski definition) is 2. The number of benzene rings is 3. The highest BCUT2D eigenvalue weighted by molar-refractivity contribution is 8.22. The summed E-state index contributed by atoms with van der Waals surface area (Å²) in [6.45, 7) is 4.24. The van der Waals surface area contributed by atoms with Gasteiger partial charge in [0.2, 0.25) is 0 Å². The van der Waals surface area contributed by atoms with Crippen molar-refractivity contribution in [2.24, 2.45) is 0 Å². The molecule has 0 saturated heterocycles. The molecule has 0 bridgehead atoms. The van der Waals surface area contributed by atoms with Crippen LogP contribution in [0.5, 0.6) is 0 Å². The highest BCUT2D eigenvalue weighted by Gasteiger charge is 2.05. The van der Waals surface area contributed by atoms with E-state index in [9.17, 15) is 0 Å². The molecule has 0 heterocycles. The van der Waals surface area contributed by atoms with Crippen molar-refractivity contribution in [3.63, 3.8) is 0 Å². The summed E-state index contributed by atoms with van der Waals surface area (Å²) in [5, 5.41) is 0. The van der Waals surface area contributed by atoms with Gasteiger partial charge in [-0.25, -0.2) is 0 Å². The molecule has 0 spiro atoms. The number of hydrogen-bond donors (Lipinski definition) is 0. The third-order valence-electron chi connectivity index (χ3n) is 3.56. The van der Waals surface area contributed by atoms with E-state index >= 15 is 0 Å². The molecule has 0 saturated carbocycles. The predicted molar refractivity (Wildman–Crippen MR) is 108 cm³/mol. The van der Waals surface area contributed by atoms with Gasteiger partial charge in [-0.05, 0) is 49.8 Å². The van der Waals surface area contributed by atoms with Crippen molar-refractivity contribution >= 4 is 29.6 Å². The Labute approximate surface area is 153 Å². The average molecular weight is 349 g/mol. The first-order valence-electron chi connectivity index (χ1n) is 7.95. The Morgan fingerprint density at radius 1 is 0.625 bits per heavy atom. The summed E-state index contributed by atoms with van der Waals surface area (Å²) in [5.41, 5.74) is 3.81. The Morgan fingerprint density at radius 3 is 1.54 bits per heavy atom. The second-order valence-electron chi connectivity index (χ2n) is 5.70. The van der Waals surface area contributed by atoms with Gasteiger partial charge >= 0.3 is 0 Å². The lowest BCUT2D eigenvalue weighted by atomic mass is 10.2. The summed E-state index contributed by atoms with van der Waals surface area (Å²) >= 11 is 3.63.